The van der Waals surface area contributed by atoms with E-state index in [4.69, 9.17) is 0 Å². The highest BCUT2D eigenvalue weighted by molar-refractivity contribution is 5.95. The lowest BCUT2D eigenvalue weighted by molar-refractivity contribution is -0.689. The third-order valence-electron chi connectivity index (χ3n) is 3.44. The standard InChI is InChI=1S/C16H17N2O3/c1-3-13-5-4-12(2)17(10-13)11-16(19)14-6-8-15(9-7-14)18(20)21/h4-10H,3,11H2,1-2H3/q+1. The Hall–Kier alpha value is -2.56. The molecule has 0 unspecified atom stereocenters. The second-order valence-corrected chi connectivity index (χ2v) is 4.89. The summed E-state index contributed by atoms with van der Waals surface area (Å²) < 4.78 is 1.91. The fourth-order valence-corrected chi connectivity index (χ4v) is 2.06. The first kappa shape index (κ1) is 14.8. The first-order valence-corrected chi connectivity index (χ1v) is 6.78. The molecule has 0 N–H and O–H groups in total. The summed E-state index contributed by atoms with van der Waals surface area (Å²) in [7, 11) is 0. The van der Waals surface area contributed by atoms with Crippen molar-refractivity contribution in [3.05, 3.63) is 69.5 Å². The third-order valence-corrected chi connectivity index (χ3v) is 3.44. The van der Waals surface area contributed by atoms with Crippen molar-refractivity contribution < 1.29 is 14.3 Å². The lowest BCUT2D eigenvalue weighted by Crippen LogP contribution is -2.41. The van der Waals surface area contributed by atoms with Crippen LogP contribution in [-0.4, -0.2) is 10.7 Å². The quantitative estimate of drug-likeness (QED) is 0.367. The first-order chi connectivity index (χ1) is 10.0. The summed E-state index contributed by atoms with van der Waals surface area (Å²) in [5.41, 5.74) is 2.64. The normalized spacial score (nSPS) is 10.4. The molecule has 1 heterocycles. The second-order valence-electron chi connectivity index (χ2n) is 4.89. The van der Waals surface area contributed by atoms with Crippen LogP contribution >= 0.6 is 0 Å². The van der Waals surface area contributed by atoms with Crippen LogP contribution < -0.4 is 4.57 Å². The van der Waals surface area contributed by atoms with E-state index in [1.54, 1.807) is 0 Å². The molecule has 1 aromatic carbocycles. The number of Topliss-reactive ketones (excluding diaryl/α,β-unsaturated/α-hetero) is 1. The molecule has 0 saturated carbocycles. The van der Waals surface area contributed by atoms with Crippen molar-refractivity contribution in [1.82, 2.24) is 0 Å². The number of aryl methyl sites for hydroxylation is 2. The maximum Gasteiger partial charge on any atom is 0.269 e. The Morgan fingerprint density at radius 3 is 2.43 bits per heavy atom. The van der Waals surface area contributed by atoms with Crippen LogP contribution in [0.5, 0.6) is 0 Å². The van der Waals surface area contributed by atoms with Gasteiger partial charge in [0.25, 0.3) is 5.69 Å². The molecule has 2 rings (SSSR count). The van der Waals surface area contributed by atoms with Gasteiger partial charge in [-0.05, 0) is 24.6 Å². The van der Waals surface area contributed by atoms with Gasteiger partial charge in [-0.2, -0.15) is 4.57 Å². The Morgan fingerprint density at radius 2 is 1.86 bits per heavy atom. The van der Waals surface area contributed by atoms with Gasteiger partial charge in [0, 0.05) is 36.2 Å². The van der Waals surface area contributed by atoms with Crippen molar-refractivity contribution in [2.45, 2.75) is 26.8 Å². The monoisotopic (exact) mass is 285 g/mol. The van der Waals surface area contributed by atoms with Crippen LogP contribution in [0.1, 0.15) is 28.5 Å². The summed E-state index contributed by atoms with van der Waals surface area (Å²) in [6.45, 7) is 4.24. The summed E-state index contributed by atoms with van der Waals surface area (Å²) in [4.78, 5) is 22.4. The molecule has 0 aliphatic carbocycles. The Labute approximate surface area is 123 Å². The number of benzene rings is 1. The van der Waals surface area contributed by atoms with Gasteiger partial charge in [0.15, 0.2) is 11.9 Å². The molecule has 0 amide bonds. The number of pyridine rings is 1. The molecule has 0 bridgehead atoms. The second kappa shape index (κ2) is 6.26. The minimum absolute atomic E-state index is 0.0108. The topological polar surface area (TPSA) is 64.1 Å². The molecular formula is C16H17N2O3+. The van der Waals surface area contributed by atoms with Gasteiger partial charge in [0.1, 0.15) is 0 Å². The van der Waals surface area contributed by atoms with Crippen molar-refractivity contribution in [2.24, 2.45) is 0 Å². The molecule has 108 valence electrons. The van der Waals surface area contributed by atoms with E-state index in [0.717, 1.165) is 17.7 Å². The number of aromatic nitrogens is 1. The highest BCUT2D eigenvalue weighted by atomic mass is 16.6. The number of ketones is 1. The third kappa shape index (κ3) is 3.51. The number of nitro benzene ring substituents is 1. The van der Waals surface area contributed by atoms with Crippen LogP contribution in [0.3, 0.4) is 0 Å². The fourth-order valence-electron chi connectivity index (χ4n) is 2.06. The van der Waals surface area contributed by atoms with Crippen LogP contribution in [0.2, 0.25) is 0 Å². The Bertz CT molecular complexity index is 678. The van der Waals surface area contributed by atoms with Gasteiger partial charge in [0.05, 0.1) is 4.92 Å². The molecule has 0 spiro atoms. The van der Waals surface area contributed by atoms with Gasteiger partial charge < -0.3 is 0 Å². The SMILES string of the molecule is CCc1ccc(C)[n+](CC(=O)c2ccc([N+](=O)[O-])cc2)c1. The van der Waals surface area contributed by atoms with Crippen LogP contribution in [0.25, 0.3) is 0 Å². The van der Waals surface area contributed by atoms with E-state index in [9.17, 15) is 14.9 Å². The molecule has 0 aliphatic heterocycles. The zero-order chi connectivity index (χ0) is 15.4. The Balaban J connectivity index is 2.19. The van der Waals surface area contributed by atoms with E-state index in [0.29, 0.717) is 5.56 Å². The van der Waals surface area contributed by atoms with E-state index in [2.05, 4.69) is 6.92 Å². The highest BCUT2D eigenvalue weighted by Gasteiger charge is 2.16. The molecule has 1 aromatic heterocycles. The number of hydrogen-bond donors (Lipinski definition) is 0. The number of nitrogens with zero attached hydrogens (tertiary/aromatic N) is 2. The van der Waals surface area contributed by atoms with E-state index in [1.165, 1.54) is 24.3 Å². The number of carbonyl (C=O) groups is 1. The lowest BCUT2D eigenvalue weighted by atomic mass is 10.1. The maximum atomic E-state index is 12.3. The van der Waals surface area contributed by atoms with Crippen molar-refractivity contribution >= 4 is 11.5 Å². The summed E-state index contributed by atoms with van der Waals surface area (Å²) in [6.07, 6.45) is 2.88. The lowest BCUT2D eigenvalue weighted by Gasteiger charge is -2.03. The van der Waals surface area contributed by atoms with Crippen LogP contribution in [-0.2, 0) is 13.0 Å². The summed E-state index contributed by atoms with van der Waals surface area (Å²) in [6, 6.07) is 9.74. The van der Waals surface area contributed by atoms with Crippen molar-refractivity contribution in [3.63, 3.8) is 0 Å². The average molecular weight is 285 g/mol. The number of nitro groups is 1. The zero-order valence-corrected chi connectivity index (χ0v) is 12.1. The molecule has 5 heteroatoms. The average Bonchev–Trinajstić information content (AvgIpc) is 2.49. The number of hydrogen-bond acceptors (Lipinski definition) is 3. The number of rotatable bonds is 5. The van der Waals surface area contributed by atoms with Crippen molar-refractivity contribution in [2.75, 3.05) is 0 Å². The zero-order valence-electron chi connectivity index (χ0n) is 12.1. The molecular weight excluding hydrogens is 268 g/mol. The molecule has 21 heavy (non-hydrogen) atoms. The Kier molecular flexibility index (Phi) is 4.42. The van der Waals surface area contributed by atoms with Crippen molar-refractivity contribution in [3.8, 4) is 0 Å². The molecule has 0 fully saturated rings. The first-order valence-electron chi connectivity index (χ1n) is 6.78. The fraction of sp³-hybridized carbons (Fsp3) is 0.250. The minimum atomic E-state index is -0.474. The van der Waals surface area contributed by atoms with Crippen molar-refractivity contribution in [1.29, 1.82) is 0 Å². The largest absolute Gasteiger partial charge is 0.287 e. The molecule has 2 aromatic rings. The number of non-ortho nitro benzene ring substituents is 1. The minimum Gasteiger partial charge on any atom is -0.287 e. The maximum absolute atomic E-state index is 12.3. The molecule has 0 atom stereocenters. The molecule has 0 radical (unpaired) electrons. The number of carbonyl (C=O) groups excluding carboxylic acids is 1. The van der Waals surface area contributed by atoms with E-state index in [1.807, 2.05) is 29.8 Å². The Morgan fingerprint density at radius 1 is 1.19 bits per heavy atom. The predicted molar refractivity (Wildman–Crippen MR) is 78.2 cm³/mol. The van der Waals surface area contributed by atoms with Crippen LogP contribution in [0.4, 0.5) is 5.69 Å². The van der Waals surface area contributed by atoms with Gasteiger partial charge in [-0.1, -0.05) is 6.92 Å². The van der Waals surface area contributed by atoms with Crippen LogP contribution in [0, 0.1) is 17.0 Å². The molecule has 0 saturated heterocycles. The van der Waals surface area contributed by atoms with E-state index < -0.39 is 4.92 Å². The van der Waals surface area contributed by atoms with Gasteiger partial charge in [0.2, 0.25) is 12.3 Å². The molecule has 5 nitrogen and oxygen atoms in total. The highest BCUT2D eigenvalue weighted by Crippen LogP contribution is 2.12. The van der Waals surface area contributed by atoms with Gasteiger partial charge >= 0.3 is 0 Å². The van der Waals surface area contributed by atoms with Gasteiger partial charge in [-0.15, -0.1) is 0 Å². The molecule has 0 aliphatic rings. The summed E-state index contributed by atoms with van der Waals surface area (Å²) in [5.74, 6) is -0.0637. The van der Waals surface area contributed by atoms with Crippen LogP contribution in [0.15, 0.2) is 42.6 Å². The van der Waals surface area contributed by atoms with Gasteiger partial charge in [-0.25, -0.2) is 0 Å². The van der Waals surface area contributed by atoms with E-state index in [-0.39, 0.29) is 18.0 Å². The van der Waals surface area contributed by atoms with Gasteiger partial charge in [-0.3, -0.25) is 14.9 Å². The predicted octanol–water partition coefficient (Wildman–Crippen LogP) is 2.64. The summed E-state index contributed by atoms with van der Waals surface area (Å²) >= 11 is 0. The summed E-state index contributed by atoms with van der Waals surface area (Å²) in [5, 5.41) is 10.6. The smallest absolute Gasteiger partial charge is 0.269 e. The van der Waals surface area contributed by atoms with E-state index >= 15 is 0 Å².